The average Bonchev–Trinajstić information content (AvgIpc) is 2.55. The van der Waals surface area contributed by atoms with Crippen LogP contribution in [-0.2, 0) is 16.0 Å². The number of carbonyl (C=O) groups is 2. The molecule has 0 heterocycles. The summed E-state index contributed by atoms with van der Waals surface area (Å²) in [4.78, 5) is 23.5. The lowest BCUT2D eigenvalue weighted by Gasteiger charge is -2.20. The highest BCUT2D eigenvalue weighted by Gasteiger charge is 2.17. The Morgan fingerprint density at radius 3 is 2.41 bits per heavy atom. The van der Waals surface area contributed by atoms with Gasteiger partial charge in [-0.15, -0.1) is 0 Å². The minimum atomic E-state index is -0.118. The number of hydrogen-bond donors (Lipinski definition) is 2. The number of rotatable bonds is 7. The van der Waals surface area contributed by atoms with Gasteiger partial charge >= 0.3 is 0 Å². The molecule has 0 saturated heterocycles. The van der Waals surface area contributed by atoms with E-state index in [9.17, 15) is 9.59 Å². The molecule has 0 aliphatic heterocycles. The molecule has 0 unspecified atom stereocenters. The smallest absolute Gasteiger partial charge is 0.239 e. The fourth-order valence-corrected chi connectivity index (χ4v) is 2.96. The van der Waals surface area contributed by atoms with Gasteiger partial charge < -0.3 is 10.6 Å². The standard InChI is InChI=1S/C18H26N2O2/c21-17(13-16-9-5-2-6-10-16)20-14-18(22)19-12-11-15-7-3-1-4-8-15/h1,3-4,7-8,16H,2,5-6,9-14H2,(H,19,22)(H,20,21). The Morgan fingerprint density at radius 1 is 0.955 bits per heavy atom. The van der Waals surface area contributed by atoms with Gasteiger partial charge in [0.25, 0.3) is 0 Å². The van der Waals surface area contributed by atoms with Crippen LogP contribution in [-0.4, -0.2) is 24.9 Å². The van der Waals surface area contributed by atoms with Crippen LogP contribution in [0.25, 0.3) is 0 Å². The van der Waals surface area contributed by atoms with Gasteiger partial charge in [0, 0.05) is 13.0 Å². The Bertz CT molecular complexity index is 467. The van der Waals surface area contributed by atoms with Gasteiger partial charge in [0.05, 0.1) is 6.54 Å². The fourth-order valence-electron chi connectivity index (χ4n) is 2.96. The van der Waals surface area contributed by atoms with Gasteiger partial charge in [0.1, 0.15) is 0 Å². The van der Waals surface area contributed by atoms with Gasteiger partial charge in [-0.05, 0) is 30.7 Å². The van der Waals surface area contributed by atoms with Crippen LogP contribution in [0.1, 0.15) is 44.1 Å². The topological polar surface area (TPSA) is 58.2 Å². The maximum atomic E-state index is 11.8. The van der Waals surface area contributed by atoms with E-state index in [1.807, 2.05) is 30.3 Å². The second kappa shape index (κ2) is 9.23. The summed E-state index contributed by atoms with van der Waals surface area (Å²) in [6.07, 6.45) is 7.44. The van der Waals surface area contributed by atoms with Gasteiger partial charge in [0.15, 0.2) is 0 Å². The van der Waals surface area contributed by atoms with Crippen molar-refractivity contribution < 1.29 is 9.59 Å². The molecular formula is C18H26N2O2. The zero-order valence-corrected chi connectivity index (χ0v) is 13.1. The molecule has 0 atom stereocenters. The van der Waals surface area contributed by atoms with E-state index >= 15 is 0 Å². The molecule has 0 bridgehead atoms. The summed E-state index contributed by atoms with van der Waals surface area (Å²) in [5, 5.41) is 5.56. The monoisotopic (exact) mass is 302 g/mol. The molecule has 120 valence electrons. The summed E-state index contributed by atoms with van der Waals surface area (Å²) in [5.41, 5.74) is 1.20. The van der Waals surface area contributed by atoms with Crippen molar-refractivity contribution in [2.24, 2.45) is 5.92 Å². The van der Waals surface area contributed by atoms with Crippen LogP contribution in [0.4, 0.5) is 0 Å². The maximum absolute atomic E-state index is 11.8. The number of nitrogens with one attached hydrogen (secondary N) is 2. The average molecular weight is 302 g/mol. The Morgan fingerprint density at radius 2 is 1.68 bits per heavy atom. The molecule has 0 radical (unpaired) electrons. The van der Waals surface area contributed by atoms with Crippen molar-refractivity contribution in [3.63, 3.8) is 0 Å². The van der Waals surface area contributed by atoms with Gasteiger partial charge in [-0.25, -0.2) is 0 Å². The van der Waals surface area contributed by atoms with Crippen molar-refractivity contribution in [1.82, 2.24) is 10.6 Å². The largest absolute Gasteiger partial charge is 0.354 e. The highest BCUT2D eigenvalue weighted by molar-refractivity contribution is 5.84. The minimum absolute atomic E-state index is 0.00473. The quantitative estimate of drug-likeness (QED) is 0.813. The number of hydrogen-bond acceptors (Lipinski definition) is 2. The lowest BCUT2D eigenvalue weighted by molar-refractivity contribution is -0.126. The fraction of sp³-hybridized carbons (Fsp3) is 0.556. The van der Waals surface area contributed by atoms with Crippen LogP contribution in [0, 0.1) is 5.92 Å². The van der Waals surface area contributed by atoms with Crippen LogP contribution in [0.2, 0.25) is 0 Å². The van der Waals surface area contributed by atoms with Crippen molar-refractivity contribution in [3.8, 4) is 0 Å². The van der Waals surface area contributed by atoms with Crippen LogP contribution < -0.4 is 10.6 Å². The lowest BCUT2D eigenvalue weighted by atomic mass is 9.87. The number of amides is 2. The molecule has 4 heteroatoms. The molecule has 1 aliphatic rings. The van der Waals surface area contributed by atoms with Crippen molar-refractivity contribution in [2.45, 2.75) is 44.9 Å². The van der Waals surface area contributed by atoms with E-state index in [0.29, 0.717) is 18.9 Å². The van der Waals surface area contributed by atoms with Gasteiger partial charge in [0.2, 0.25) is 11.8 Å². The van der Waals surface area contributed by atoms with E-state index in [2.05, 4.69) is 10.6 Å². The minimum Gasteiger partial charge on any atom is -0.354 e. The maximum Gasteiger partial charge on any atom is 0.239 e. The van der Waals surface area contributed by atoms with E-state index in [-0.39, 0.29) is 18.4 Å². The normalized spacial score (nSPS) is 15.3. The molecule has 4 nitrogen and oxygen atoms in total. The predicted molar refractivity (Wildman–Crippen MR) is 87.4 cm³/mol. The van der Waals surface area contributed by atoms with Crippen molar-refractivity contribution in [2.75, 3.05) is 13.1 Å². The first kappa shape index (κ1) is 16.5. The van der Waals surface area contributed by atoms with Crippen molar-refractivity contribution in [3.05, 3.63) is 35.9 Å². The van der Waals surface area contributed by atoms with Gasteiger partial charge in [-0.2, -0.15) is 0 Å². The van der Waals surface area contributed by atoms with E-state index in [4.69, 9.17) is 0 Å². The summed E-state index contributed by atoms with van der Waals surface area (Å²) >= 11 is 0. The summed E-state index contributed by atoms with van der Waals surface area (Å²) in [6.45, 7) is 0.682. The Balaban J connectivity index is 1.56. The first-order valence-corrected chi connectivity index (χ1v) is 8.31. The van der Waals surface area contributed by atoms with Crippen LogP contribution in [0.5, 0.6) is 0 Å². The third-order valence-corrected chi connectivity index (χ3v) is 4.22. The van der Waals surface area contributed by atoms with Gasteiger partial charge in [-0.3, -0.25) is 9.59 Å². The predicted octanol–water partition coefficient (Wildman–Crippen LogP) is 2.43. The van der Waals surface area contributed by atoms with E-state index in [1.54, 1.807) is 0 Å². The van der Waals surface area contributed by atoms with Crippen LogP contribution in [0.3, 0.4) is 0 Å². The highest BCUT2D eigenvalue weighted by Crippen LogP contribution is 2.25. The molecule has 1 aliphatic carbocycles. The zero-order chi connectivity index (χ0) is 15.6. The number of benzene rings is 1. The Kier molecular flexibility index (Phi) is 6.94. The highest BCUT2D eigenvalue weighted by atomic mass is 16.2. The van der Waals surface area contributed by atoms with Crippen LogP contribution >= 0.6 is 0 Å². The molecule has 2 amide bonds. The summed E-state index contributed by atoms with van der Waals surface area (Å²) in [7, 11) is 0. The molecule has 2 N–H and O–H groups in total. The van der Waals surface area contributed by atoms with Crippen LogP contribution in [0.15, 0.2) is 30.3 Å². The van der Waals surface area contributed by atoms with E-state index < -0.39 is 0 Å². The lowest BCUT2D eigenvalue weighted by Crippen LogP contribution is -2.38. The summed E-state index contributed by atoms with van der Waals surface area (Å²) < 4.78 is 0. The van der Waals surface area contributed by atoms with E-state index in [0.717, 1.165) is 19.3 Å². The third-order valence-electron chi connectivity index (χ3n) is 4.22. The summed E-state index contributed by atoms with van der Waals surface area (Å²) in [6, 6.07) is 10.0. The second-order valence-electron chi connectivity index (χ2n) is 6.07. The first-order chi connectivity index (χ1) is 10.7. The Labute approximate surface area is 132 Å². The molecule has 1 saturated carbocycles. The first-order valence-electron chi connectivity index (χ1n) is 8.31. The van der Waals surface area contributed by atoms with Gasteiger partial charge in [-0.1, -0.05) is 49.6 Å². The molecule has 22 heavy (non-hydrogen) atoms. The molecule has 0 aromatic heterocycles. The zero-order valence-electron chi connectivity index (χ0n) is 13.1. The van der Waals surface area contributed by atoms with Crippen molar-refractivity contribution in [1.29, 1.82) is 0 Å². The molecule has 0 spiro atoms. The SMILES string of the molecule is O=C(CNC(=O)CC1CCCCC1)NCCc1ccccc1. The van der Waals surface area contributed by atoms with Crippen molar-refractivity contribution >= 4 is 11.8 Å². The molecule has 2 rings (SSSR count). The second-order valence-corrected chi connectivity index (χ2v) is 6.07. The molecule has 1 aromatic rings. The molecule has 1 fully saturated rings. The molecular weight excluding hydrogens is 276 g/mol. The third kappa shape index (κ3) is 6.29. The summed E-state index contributed by atoms with van der Waals surface area (Å²) in [5.74, 6) is 0.396. The van der Waals surface area contributed by atoms with E-state index in [1.165, 1.54) is 24.8 Å². The molecule has 1 aromatic carbocycles. The Hall–Kier alpha value is -1.84. The number of carbonyl (C=O) groups excluding carboxylic acids is 2.